The Morgan fingerprint density at radius 2 is 2.00 bits per heavy atom. The van der Waals surface area contributed by atoms with Crippen LogP contribution in [0.15, 0.2) is 18.2 Å². The third-order valence-corrected chi connectivity index (χ3v) is 3.45. The molecule has 1 aromatic rings. The average Bonchev–Trinajstić information content (AvgIpc) is 2.29. The monoisotopic (exact) mass is 279 g/mol. The van der Waals surface area contributed by atoms with Crippen molar-refractivity contribution in [1.29, 1.82) is 0 Å². The lowest BCUT2D eigenvalue weighted by Crippen LogP contribution is -2.37. The molecule has 0 bridgehead atoms. The summed E-state index contributed by atoms with van der Waals surface area (Å²) in [7, 11) is 4.17. The first-order chi connectivity index (χ1) is 8.82. The van der Waals surface area contributed by atoms with Crippen LogP contribution >= 0.6 is 12.2 Å². The predicted molar refractivity (Wildman–Crippen MR) is 87.9 cm³/mol. The number of nitrogens with one attached hydrogen (secondary N) is 1. The highest BCUT2D eigenvalue weighted by atomic mass is 32.1. The maximum Gasteiger partial charge on any atom is 0.106 e. The molecule has 0 spiro atoms. The maximum atomic E-state index is 5.82. The molecule has 0 saturated carbocycles. The lowest BCUT2D eigenvalue weighted by Gasteiger charge is -2.28. The molecule has 4 heteroatoms. The fourth-order valence-corrected chi connectivity index (χ4v) is 2.24. The Balaban J connectivity index is 3.05. The molecular formula is C15H25N3S. The van der Waals surface area contributed by atoms with E-state index in [2.05, 4.69) is 51.1 Å². The van der Waals surface area contributed by atoms with Gasteiger partial charge in [0.1, 0.15) is 4.99 Å². The van der Waals surface area contributed by atoms with Crippen LogP contribution in [-0.2, 0) is 0 Å². The second-order valence-corrected chi connectivity index (χ2v) is 6.06. The zero-order valence-corrected chi connectivity index (χ0v) is 13.3. The van der Waals surface area contributed by atoms with E-state index >= 15 is 0 Å². The van der Waals surface area contributed by atoms with E-state index in [0.29, 0.717) is 16.9 Å². The molecule has 0 aliphatic heterocycles. The molecule has 0 aliphatic carbocycles. The van der Waals surface area contributed by atoms with Crippen LogP contribution in [0, 0.1) is 12.8 Å². The molecule has 0 aliphatic rings. The molecule has 0 fully saturated rings. The first kappa shape index (κ1) is 15.9. The van der Waals surface area contributed by atoms with Crippen molar-refractivity contribution in [2.24, 2.45) is 11.7 Å². The minimum absolute atomic E-state index is 0.365. The van der Waals surface area contributed by atoms with Gasteiger partial charge in [0.25, 0.3) is 0 Å². The van der Waals surface area contributed by atoms with Crippen molar-refractivity contribution in [2.75, 3.05) is 26.0 Å². The van der Waals surface area contributed by atoms with Crippen molar-refractivity contribution >= 4 is 22.9 Å². The number of aryl methyl sites for hydroxylation is 1. The van der Waals surface area contributed by atoms with Crippen LogP contribution < -0.4 is 11.1 Å². The quantitative estimate of drug-likeness (QED) is 0.786. The van der Waals surface area contributed by atoms with Crippen LogP contribution in [0.4, 0.5) is 5.69 Å². The Morgan fingerprint density at radius 1 is 1.37 bits per heavy atom. The van der Waals surface area contributed by atoms with Gasteiger partial charge in [-0.15, -0.1) is 0 Å². The van der Waals surface area contributed by atoms with Crippen molar-refractivity contribution in [2.45, 2.75) is 26.8 Å². The molecule has 106 valence electrons. The molecule has 0 amide bonds. The van der Waals surface area contributed by atoms with Gasteiger partial charge in [-0.25, -0.2) is 0 Å². The molecule has 3 N–H and O–H groups in total. The van der Waals surface area contributed by atoms with Gasteiger partial charge in [0.05, 0.1) is 0 Å². The van der Waals surface area contributed by atoms with Gasteiger partial charge < -0.3 is 16.0 Å². The summed E-state index contributed by atoms with van der Waals surface area (Å²) in [4.78, 5) is 2.63. The summed E-state index contributed by atoms with van der Waals surface area (Å²) >= 11 is 5.14. The van der Waals surface area contributed by atoms with E-state index in [1.807, 2.05) is 12.1 Å². The predicted octanol–water partition coefficient (Wildman–Crippen LogP) is 2.63. The fraction of sp³-hybridized carbons (Fsp3) is 0.533. The number of nitrogens with zero attached hydrogens (tertiary/aromatic N) is 1. The molecule has 0 radical (unpaired) electrons. The van der Waals surface area contributed by atoms with Gasteiger partial charge in [-0.05, 0) is 38.6 Å². The zero-order valence-electron chi connectivity index (χ0n) is 12.5. The molecule has 0 aromatic heterocycles. The van der Waals surface area contributed by atoms with Crippen LogP contribution in [0.3, 0.4) is 0 Å². The van der Waals surface area contributed by atoms with Gasteiger partial charge in [0.15, 0.2) is 0 Å². The van der Waals surface area contributed by atoms with E-state index in [9.17, 15) is 0 Å². The molecule has 1 atom stereocenters. The summed E-state index contributed by atoms with van der Waals surface area (Å²) in [5.41, 5.74) is 8.99. The molecule has 3 nitrogen and oxygen atoms in total. The van der Waals surface area contributed by atoms with Crippen molar-refractivity contribution in [3.8, 4) is 0 Å². The van der Waals surface area contributed by atoms with Gasteiger partial charge >= 0.3 is 0 Å². The number of nitrogens with two attached hydrogens (primary N) is 1. The zero-order chi connectivity index (χ0) is 14.6. The summed E-state index contributed by atoms with van der Waals surface area (Å²) in [6.07, 6.45) is 0. The summed E-state index contributed by atoms with van der Waals surface area (Å²) in [5, 5.41) is 3.62. The highest BCUT2D eigenvalue weighted by Crippen LogP contribution is 2.23. The summed E-state index contributed by atoms with van der Waals surface area (Å²) in [6.45, 7) is 7.50. The Labute approximate surface area is 122 Å². The van der Waals surface area contributed by atoms with Crippen molar-refractivity contribution in [3.05, 3.63) is 29.3 Å². The minimum atomic E-state index is 0.365. The van der Waals surface area contributed by atoms with Gasteiger partial charge in [-0.3, -0.25) is 0 Å². The van der Waals surface area contributed by atoms with Gasteiger partial charge in [-0.1, -0.05) is 38.2 Å². The van der Waals surface area contributed by atoms with Gasteiger partial charge in [-0.2, -0.15) is 0 Å². The number of hydrogen-bond donors (Lipinski definition) is 2. The average molecular weight is 279 g/mol. The largest absolute Gasteiger partial charge is 0.389 e. The lowest BCUT2D eigenvalue weighted by atomic mass is 10.0. The highest BCUT2D eigenvalue weighted by molar-refractivity contribution is 7.80. The van der Waals surface area contributed by atoms with Crippen molar-refractivity contribution in [3.63, 3.8) is 0 Å². The third kappa shape index (κ3) is 4.48. The van der Waals surface area contributed by atoms with E-state index < -0.39 is 0 Å². The lowest BCUT2D eigenvalue weighted by molar-refractivity contribution is 0.344. The van der Waals surface area contributed by atoms with Crippen LogP contribution in [0.25, 0.3) is 0 Å². The summed E-state index contributed by atoms with van der Waals surface area (Å²) < 4.78 is 0. The molecule has 19 heavy (non-hydrogen) atoms. The number of rotatable bonds is 6. The Bertz CT molecular complexity index is 441. The molecule has 0 heterocycles. The molecule has 1 aromatic carbocycles. The minimum Gasteiger partial charge on any atom is -0.389 e. The number of para-hydroxylation sites is 1. The number of benzene rings is 1. The van der Waals surface area contributed by atoms with E-state index in [1.165, 1.54) is 5.56 Å². The number of hydrogen-bond acceptors (Lipinski definition) is 3. The SMILES string of the molecule is Cc1cccc(C(N)=S)c1NC(CN(C)C)C(C)C. The fourth-order valence-electron chi connectivity index (χ4n) is 2.07. The van der Waals surface area contributed by atoms with Gasteiger partial charge in [0.2, 0.25) is 0 Å². The van der Waals surface area contributed by atoms with Crippen molar-refractivity contribution in [1.82, 2.24) is 4.90 Å². The topological polar surface area (TPSA) is 41.3 Å². The Hall–Kier alpha value is -1.13. The number of likely N-dealkylation sites (N-methyl/N-ethyl adjacent to an activating group) is 1. The highest BCUT2D eigenvalue weighted by Gasteiger charge is 2.17. The van der Waals surface area contributed by atoms with Crippen LogP contribution in [-0.4, -0.2) is 36.6 Å². The van der Waals surface area contributed by atoms with E-state index in [0.717, 1.165) is 17.8 Å². The number of anilines is 1. The first-order valence-corrected chi connectivity index (χ1v) is 7.04. The number of thiocarbonyl (C=S) groups is 1. The van der Waals surface area contributed by atoms with E-state index in [4.69, 9.17) is 18.0 Å². The standard InChI is InChI=1S/C15H25N3S/c1-10(2)13(9-18(4)5)17-14-11(3)7-6-8-12(14)15(16)19/h6-8,10,13,17H,9H2,1-5H3,(H2,16,19). The van der Waals surface area contributed by atoms with Crippen LogP contribution in [0.2, 0.25) is 0 Å². The second kappa shape index (κ2) is 6.87. The molecule has 1 rings (SSSR count). The Morgan fingerprint density at radius 3 is 2.47 bits per heavy atom. The van der Waals surface area contributed by atoms with E-state index in [-0.39, 0.29) is 0 Å². The van der Waals surface area contributed by atoms with Crippen LogP contribution in [0.5, 0.6) is 0 Å². The maximum absolute atomic E-state index is 5.82. The molecule has 0 saturated heterocycles. The summed E-state index contributed by atoms with van der Waals surface area (Å²) in [5.74, 6) is 0.529. The van der Waals surface area contributed by atoms with Gasteiger partial charge in [0, 0.05) is 23.8 Å². The third-order valence-electron chi connectivity index (χ3n) is 3.23. The molecule has 1 unspecified atom stereocenters. The van der Waals surface area contributed by atoms with Crippen LogP contribution in [0.1, 0.15) is 25.0 Å². The first-order valence-electron chi connectivity index (χ1n) is 6.63. The van der Waals surface area contributed by atoms with E-state index in [1.54, 1.807) is 0 Å². The molecular weight excluding hydrogens is 254 g/mol. The Kier molecular flexibility index (Phi) is 5.76. The smallest absolute Gasteiger partial charge is 0.106 e. The second-order valence-electron chi connectivity index (χ2n) is 5.62. The summed E-state index contributed by atoms with van der Waals surface area (Å²) in [6, 6.07) is 6.41. The normalized spacial score (nSPS) is 12.8. The van der Waals surface area contributed by atoms with Crippen molar-refractivity contribution < 1.29 is 0 Å².